The molecule has 2 aromatic heterocycles. The Labute approximate surface area is 162 Å². The maximum atomic E-state index is 12.5. The molecule has 5 nitrogen and oxygen atoms in total. The van der Waals surface area contributed by atoms with Gasteiger partial charge in [0.1, 0.15) is 0 Å². The van der Waals surface area contributed by atoms with Crippen molar-refractivity contribution in [1.29, 1.82) is 0 Å². The number of carbonyl (C=O) groups is 1. The summed E-state index contributed by atoms with van der Waals surface area (Å²) < 4.78 is 0. The van der Waals surface area contributed by atoms with Gasteiger partial charge >= 0.3 is 0 Å². The van der Waals surface area contributed by atoms with Gasteiger partial charge in [-0.3, -0.25) is 9.59 Å². The zero-order valence-corrected chi connectivity index (χ0v) is 16.8. The number of nitrogens with zero attached hydrogens (tertiary/aromatic N) is 2. The first-order chi connectivity index (χ1) is 12.7. The number of nitrogens with one attached hydrogen (secondary N) is 1. The minimum absolute atomic E-state index is 0.0381. The quantitative estimate of drug-likeness (QED) is 0.668. The van der Waals surface area contributed by atoms with Crippen molar-refractivity contribution in [2.45, 2.75) is 46.0 Å². The van der Waals surface area contributed by atoms with Crippen LogP contribution in [0.25, 0.3) is 11.1 Å². The summed E-state index contributed by atoms with van der Waals surface area (Å²) in [5.74, 6) is 0.130. The molecule has 140 valence electrons. The van der Waals surface area contributed by atoms with Gasteiger partial charge in [-0.1, -0.05) is 39.0 Å². The topological polar surface area (TPSA) is 75.7 Å². The molecule has 0 aliphatic rings. The van der Waals surface area contributed by atoms with Crippen LogP contribution in [-0.4, -0.2) is 21.0 Å². The van der Waals surface area contributed by atoms with Crippen LogP contribution < -0.4 is 5.56 Å². The van der Waals surface area contributed by atoms with Crippen molar-refractivity contribution in [3.05, 3.63) is 68.0 Å². The van der Waals surface area contributed by atoms with Crippen LogP contribution in [0.5, 0.6) is 0 Å². The predicted molar refractivity (Wildman–Crippen MR) is 108 cm³/mol. The molecule has 0 saturated carbocycles. The van der Waals surface area contributed by atoms with Crippen LogP contribution in [0.3, 0.4) is 0 Å². The summed E-state index contributed by atoms with van der Waals surface area (Å²) in [7, 11) is 0. The first-order valence-corrected chi connectivity index (χ1v) is 9.70. The van der Waals surface area contributed by atoms with Crippen LogP contribution in [0.4, 0.5) is 0 Å². The number of benzene rings is 1. The highest BCUT2D eigenvalue weighted by molar-refractivity contribution is 7.13. The minimum Gasteiger partial charge on any atom is -0.293 e. The van der Waals surface area contributed by atoms with Crippen molar-refractivity contribution in [2.75, 3.05) is 0 Å². The van der Waals surface area contributed by atoms with Crippen molar-refractivity contribution in [3.8, 4) is 11.1 Å². The van der Waals surface area contributed by atoms with Gasteiger partial charge in [0.05, 0.1) is 16.1 Å². The highest BCUT2D eigenvalue weighted by Crippen LogP contribution is 2.28. The fraction of sp³-hybridized carbons (Fsp3) is 0.333. The number of ketones is 1. The number of hydrogen-bond acceptors (Lipinski definition) is 5. The third-order valence-electron chi connectivity index (χ3n) is 4.38. The SMILES string of the molecule is Cc1cc(-c2cn[nH]c(=O)c2)ccc1CCC(=O)c1cnc(C(C)(C)C)s1. The molecule has 1 aromatic carbocycles. The molecule has 2 heterocycles. The molecule has 0 bridgehead atoms. The van der Waals surface area contributed by atoms with Gasteiger partial charge in [-0.2, -0.15) is 5.10 Å². The van der Waals surface area contributed by atoms with Crippen molar-refractivity contribution in [1.82, 2.24) is 15.2 Å². The van der Waals surface area contributed by atoms with E-state index < -0.39 is 0 Å². The van der Waals surface area contributed by atoms with Gasteiger partial charge in [-0.25, -0.2) is 10.1 Å². The van der Waals surface area contributed by atoms with E-state index in [0.29, 0.717) is 12.8 Å². The molecule has 0 saturated heterocycles. The van der Waals surface area contributed by atoms with Gasteiger partial charge in [-0.05, 0) is 30.0 Å². The average molecular weight is 382 g/mol. The molecule has 0 spiro atoms. The average Bonchev–Trinajstić information content (AvgIpc) is 3.11. The van der Waals surface area contributed by atoms with Crippen LogP contribution >= 0.6 is 11.3 Å². The summed E-state index contributed by atoms with van der Waals surface area (Å²) in [4.78, 5) is 29.1. The number of hydrogen-bond donors (Lipinski definition) is 1. The second-order valence-corrected chi connectivity index (χ2v) is 8.71. The largest absolute Gasteiger partial charge is 0.293 e. The summed E-state index contributed by atoms with van der Waals surface area (Å²) >= 11 is 1.49. The highest BCUT2D eigenvalue weighted by Gasteiger charge is 2.20. The van der Waals surface area contributed by atoms with Crippen molar-refractivity contribution >= 4 is 17.1 Å². The molecular formula is C21H23N3O2S. The van der Waals surface area contributed by atoms with E-state index in [2.05, 4.69) is 36.0 Å². The Morgan fingerprint density at radius 3 is 2.56 bits per heavy atom. The number of H-pyrrole nitrogens is 1. The van der Waals surface area contributed by atoms with Crippen molar-refractivity contribution in [3.63, 3.8) is 0 Å². The lowest BCUT2D eigenvalue weighted by Crippen LogP contribution is -2.09. The molecule has 0 atom stereocenters. The third-order valence-corrected chi connectivity index (χ3v) is 5.85. The van der Waals surface area contributed by atoms with Crippen LogP contribution in [0.1, 0.15) is 53.0 Å². The maximum Gasteiger partial charge on any atom is 0.264 e. The monoisotopic (exact) mass is 381 g/mol. The first-order valence-electron chi connectivity index (χ1n) is 8.88. The van der Waals surface area contributed by atoms with Crippen LogP contribution in [-0.2, 0) is 11.8 Å². The summed E-state index contributed by atoms with van der Waals surface area (Å²) in [6.45, 7) is 8.32. The lowest BCUT2D eigenvalue weighted by Gasteiger charge is -2.13. The van der Waals surface area contributed by atoms with E-state index in [9.17, 15) is 9.59 Å². The Balaban J connectivity index is 1.70. The summed E-state index contributed by atoms with van der Waals surface area (Å²) in [6, 6.07) is 7.54. The van der Waals surface area contributed by atoms with E-state index in [1.165, 1.54) is 17.4 Å². The van der Waals surface area contributed by atoms with Gasteiger partial charge in [0, 0.05) is 29.7 Å². The zero-order valence-electron chi connectivity index (χ0n) is 16.0. The second kappa shape index (κ2) is 7.56. The molecule has 0 aliphatic carbocycles. The Hall–Kier alpha value is -2.60. The van der Waals surface area contributed by atoms with Crippen LogP contribution in [0, 0.1) is 6.92 Å². The van der Waals surface area contributed by atoms with E-state index in [1.807, 2.05) is 25.1 Å². The number of aromatic nitrogens is 3. The van der Waals surface area contributed by atoms with E-state index >= 15 is 0 Å². The Morgan fingerprint density at radius 2 is 1.93 bits per heavy atom. The van der Waals surface area contributed by atoms with Gasteiger partial charge in [0.25, 0.3) is 5.56 Å². The van der Waals surface area contributed by atoms with E-state index in [4.69, 9.17) is 0 Å². The number of carbonyl (C=O) groups excluding carboxylic acids is 1. The fourth-order valence-electron chi connectivity index (χ4n) is 2.81. The van der Waals surface area contributed by atoms with Gasteiger partial charge in [-0.15, -0.1) is 11.3 Å². The normalized spacial score (nSPS) is 11.6. The predicted octanol–water partition coefficient (Wildman–Crippen LogP) is 4.31. The van der Waals surface area contributed by atoms with Gasteiger partial charge < -0.3 is 0 Å². The Morgan fingerprint density at radius 1 is 1.15 bits per heavy atom. The molecule has 0 fully saturated rings. The Kier molecular flexibility index (Phi) is 5.37. The van der Waals surface area contributed by atoms with E-state index in [1.54, 1.807) is 12.4 Å². The summed E-state index contributed by atoms with van der Waals surface area (Å²) in [5, 5.41) is 7.20. The number of aromatic amines is 1. The second-order valence-electron chi connectivity index (χ2n) is 7.68. The highest BCUT2D eigenvalue weighted by atomic mass is 32.1. The lowest BCUT2D eigenvalue weighted by atomic mass is 9.97. The van der Waals surface area contributed by atoms with Crippen LogP contribution in [0.15, 0.2) is 41.5 Å². The first kappa shape index (κ1) is 19.2. The van der Waals surface area contributed by atoms with Crippen LogP contribution in [0.2, 0.25) is 0 Å². The standard InChI is InChI=1S/C21H23N3O2S/c1-13-9-15(16-10-19(26)24-23-11-16)6-5-14(13)7-8-17(25)18-12-22-20(27-18)21(2,3)4/h5-6,9-12H,7-8H2,1-4H3,(H,24,26). The van der Waals surface area contributed by atoms with Crippen molar-refractivity contribution in [2.24, 2.45) is 0 Å². The molecule has 3 aromatic rings. The zero-order chi connectivity index (χ0) is 19.6. The number of aryl methyl sites for hydroxylation is 2. The Bertz CT molecular complexity index is 1030. The fourth-order valence-corrected chi connectivity index (χ4v) is 3.75. The molecule has 6 heteroatoms. The lowest BCUT2D eigenvalue weighted by molar-refractivity contribution is 0.0986. The van der Waals surface area contributed by atoms with E-state index in [-0.39, 0.29) is 16.8 Å². The molecule has 0 unspecified atom stereocenters. The maximum absolute atomic E-state index is 12.5. The summed E-state index contributed by atoms with van der Waals surface area (Å²) in [6.07, 6.45) is 4.47. The molecule has 0 amide bonds. The molecule has 1 N–H and O–H groups in total. The van der Waals surface area contributed by atoms with Crippen molar-refractivity contribution < 1.29 is 4.79 Å². The van der Waals surface area contributed by atoms with Gasteiger partial charge in [0.2, 0.25) is 0 Å². The summed E-state index contributed by atoms with van der Waals surface area (Å²) in [5.41, 5.74) is 3.69. The molecule has 0 radical (unpaired) electrons. The van der Waals surface area contributed by atoms with E-state index in [0.717, 1.165) is 32.1 Å². The molecule has 0 aliphatic heterocycles. The minimum atomic E-state index is -0.223. The third kappa shape index (κ3) is 4.57. The molecule has 27 heavy (non-hydrogen) atoms. The smallest absolute Gasteiger partial charge is 0.264 e. The molecular weight excluding hydrogens is 358 g/mol. The number of thiazole rings is 1. The number of Topliss-reactive ketones (excluding diaryl/α,β-unsaturated/α-hetero) is 1. The number of rotatable bonds is 5. The van der Waals surface area contributed by atoms with Gasteiger partial charge in [0.15, 0.2) is 5.78 Å². The molecule has 3 rings (SSSR count).